The van der Waals surface area contributed by atoms with Crippen molar-refractivity contribution in [2.75, 3.05) is 13.1 Å². The number of aromatic nitrogens is 2. The zero-order valence-electron chi connectivity index (χ0n) is 11.8. The second kappa shape index (κ2) is 5.13. The summed E-state index contributed by atoms with van der Waals surface area (Å²) >= 11 is 0. The summed E-state index contributed by atoms with van der Waals surface area (Å²) < 4.78 is 28.4. The van der Waals surface area contributed by atoms with E-state index in [1.54, 1.807) is 10.9 Å². The first-order valence-electron chi connectivity index (χ1n) is 7.30. The van der Waals surface area contributed by atoms with E-state index in [1.807, 2.05) is 6.92 Å². The molecule has 0 bridgehead atoms. The molecule has 20 heavy (non-hydrogen) atoms. The van der Waals surface area contributed by atoms with Gasteiger partial charge in [0, 0.05) is 31.9 Å². The average Bonchev–Trinajstić information content (AvgIpc) is 2.99. The fraction of sp³-hybridized carbons (Fsp3) is 0.769. The van der Waals surface area contributed by atoms with E-state index in [0.29, 0.717) is 24.9 Å². The molecule has 2 aliphatic rings. The number of nitrogens with zero attached hydrogens (tertiary/aromatic N) is 3. The second-order valence-electron chi connectivity index (χ2n) is 5.93. The minimum Gasteiger partial charge on any atom is -0.326 e. The maximum absolute atomic E-state index is 12.6. The standard InChI is InChI=1S/C13H22N4O2S/c1-2-5-16-7-11(6-15-16)20(18,19)17-8-12(10-3-4-10)13(14)9-17/h6-7,10,12-13H,2-5,8-9,14H2,1H3/t12-,13+/m1/s1. The largest absolute Gasteiger partial charge is 0.326 e. The van der Waals surface area contributed by atoms with Gasteiger partial charge in [-0.05, 0) is 31.1 Å². The molecule has 2 atom stereocenters. The lowest BCUT2D eigenvalue weighted by atomic mass is 9.99. The molecule has 1 aliphatic carbocycles. The fourth-order valence-electron chi connectivity index (χ4n) is 3.01. The average molecular weight is 298 g/mol. The van der Waals surface area contributed by atoms with E-state index in [9.17, 15) is 8.42 Å². The van der Waals surface area contributed by atoms with Gasteiger partial charge in [-0.2, -0.15) is 9.40 Å². The van der Waals surface area contributed by atoms with Crippen LogP contribution in [0.15, 0.2) is 17.3 Å². The Morgan fingerprint density at radius 2 is 2.15 bits per heavy atom. The minimum absolute atomic E-state index is 0.0250. The molecular weight excluding hydrogens is 276 g/mol. The molecule has 3 rings (SSSR count). The lowest BCUT2D eigenvalue weighted by Crippen LogP contribution is -2.32. The maximum atomic E-state index is 12.6. The van der Waals surface area contributed by atoms with E-state index in [1.165, 1.54) is 23.3 Å². The molecule has 7 heteroatoms. The molecule has 0 amide bonds. The van der Waals surface area contributed by atoms with Gasteiger partial charge in [0.2, 0.25) is 10.0 Å². The predicted molar refractivity (Wildman–Crippen MR) is 75.5 cm³/mol. The molecular formula is C13H22N4O2S. The molecule has 1 aromatic heterocycles. The zero-order chi connectivity index (χ0) is 14.3. The number of hydrogen-bond donors (Lipinski definition) is 1. The van der Waals surface area contributed by atoms with Crippen LogP contribution in [-0.2, 0) is 16.6 Å². The second-order valence-corrected chi connectivity index (χ2v) is 7.86. The number of hydrogen-bond acceptors (Lipinski definition) is 4. The van der Waals surface area contributed by atoms with Gasteiger partial charge in [0.05, 0.1) is 6.20 Å². The molecule has 6 nitrogen and oxygen atoms in total. The number of sulfonamides is 1. The van der Waals surface area contributed by atoms with Gasteiger partial charge in [-0.3, -0.25) is 4.68 Å². The molecule has 1 aromatic rings. The molecule has 2 heterocycles. The Kier molecular flexibility index (Phi) is 3.60. The Labute approximate surface area is 120 Å². The Bertz CT molecular complexity index is 579. The third-order valence-corrected chi connectivity index (χ3v) is 6.09. The third kappa shape index (κ3) is 2.49. The summed E-state index contributed by atoms with van der Waals surface area (Å²) in [6.07, 6.45) is 6.39. The first-order chi connectivity index (χ1) is 9.52. The van der Waals surface area contributed by atoms with Crippen molar-refractivity contribution in [2.45, 2.75) is 43.7 Å². The Hall–Kier alpha value is -0.920. The quantitative estimate of drug-likeness (QED) is 0.865. The van der Waals surface area contributed by atoms with Crippen molar-refractivity contribution in [3.05, 3.63) is 12.4 Å². The van der Waals surface area contributed by atoms with E-state index in [-0.39, 0.29) is 10.9 Å². The van der Waals surface area contributed by atoms with E-state index < -0.39 is 10.0 Å². The molecule has 2 N–H and O–H groups in total. The molecule has 112 valence electrons. The molecule has 1 saturated heterocycles. The van der Waals surface area contributed by atoms with Crippen LogP contribution in [0.3, 0.4) is 0 Å². The van der Waals surface area contributed by atoms with Crippen LogP contribution in [-0.4, -0.2) is 41.6 Å². The van der Waals surface area contributed by atoms with Crippen LogP contribution >= 0.6 is 0 Å². The van der Waals surface area contributed by atoms with Gasteiger partial charge in [-0.25, -0.2) is 8.42 Å². The SMILES string of the molecule is CCCn1cc(S(=O)(=O)N2C[C@H](C3CC3)[C@@H](N)C2)cn1. The van der Waals surface area contributed by atoms with Crippen molar-refractivity contribution < 1.29 is 8.42 Å². The highest BCUT2D eigenvalue weighted by atomic mass is 32.2. The molecule has 0 unspecified atom stereocenters. The molecule has 1 aliphatic heterocycles. The van der Waals surface area contributed by atoms with Gasteiger partial charge >= 0.3 is 0 Å². The number of aryl methyl sites for hydroxylation is 1. The van der Waals surface area contributed by atoms with Crippen molar-refractivity contribution in [3.63, 3.8) is 0 Å². The Morgan fingerprint density at radius 1 is 1.40 bits per heavy atom. The summed E-state index contributed by atoms with van der Waals surface area (Å²) in [5.74, 6) is 0.962. The first-order valence-corrected chi connectivity index (χ1v) is 8.74. The van der Waals surface area contributed by atoms with Gasteiger partial charge in [0.1, 0.15) is 4.90 Å². The van der Waals surface area contributed by atoms with Crippen LogP contribution in [0.25, 0.3) is 0 Å². The predicted octanol–water partition coefficient (Wildman–Crippen LogP) is 0.651. The Morgan fingerprint density at radius 3 is 2.80 bits per heavy atom. The minimum atomic E-state index is -3.44. The van der Waals surface area contributed by atoms with E-state index in [4.69, 9.17) is 5.73 Å². The van der Waals surface area contributed by atoms with Gasteiger partial charge in [-0.15, -0.1) is 0 Å². The molecule has 0 spiro atoms. The molecule has 0 radical (unpaired) electrons. The van der Waals surface area contributed by atoms with Crippen LogP contribution < -0.4 is 5.73 Å². The zero-order valence-corrected chi connectivity index (χ0v) is 12.6. The van der Waals surface area contributed by atoms with Crippen molar-refractivity contribution in [1.29, 1.82) is 0 Å². The summed E-state index contributed by atoms with van der Waals surface area (Å²) in [5, 5.41) is 4.11. The van der Waals surface area contributed by atoms with Crippen LogP contribution in [0.4, 0.5) is 0 Å². The summed E-state index contributed by atoms with van der Waals surface area (Å²) in [6.45, 7) is 3.77. The smallest absolute Gasteiger partial charge is 0.246 e. The summed E-state index contributed by atoms with van der Waals surface area (Å²) in [7, 11) is -3.44. The van der Waals surface area contributed by atoms with Crippen molar-refractivity contribution >= 4 is 10.0 Å². The topological polar surface area (TPSA) is 81.2 Å². The highest BCUT2D eigenvalue weighted by Gasteiger charge is 2.44. The molecule has 0 aromatic carbocycles. The maximum Gasteiger partial charge on any atom is 0.246 e. The van der Waals surface area contributed by atoms with E-state index in [0.717, 1.165) is 13.0 Å². The monoisotopic (exact) mass is 298 g/mol. The van der Waals surface area contributed by atoms with Crippen LogP contribution in [0, 0.1) is 11.8 Å². The normalized spacial score (nSPS) is 28.1. The highest BCUT2D eigenvalue weighted by Crippen LogP contribution is 2.41. The van der Waals surface area contributed by atoms with Gasteiger partial charge in [-0.1, -0.05) is 6.92 Å². The van der Waals surface area contributed by atoms with Gasteiger partial charge in [0.15, 0.2) is 0 Å². The number of rotatable bonds is 5. The summed E-state index contributed by atoms with van der Waals surface area (Å²) in [6, 6.07) is -0.0250. The van der Waals surface area contributed by atoms with Crippen LogP contribution in [0.2, 0.25) is 0 Å². The summed E-state index contributed by atoms with van der Waals surface area (Å²) in [5.41, 5.74) is 6.11. The molecule has 1 saturated carbocycles. The van der Waals surface area contributed by atoms with Crippen LogP contribution in [0.5, 0.6) is 0 Å². The summed E-state index contributed by atoms with van der Waals surface area (Å²) in [4.78, 5) is 0.287. The third-order valence-electron chi connectivity index (χ3n) is 4.31. The fourth-order valence-corrected chi connectivity index (χ4v) is 4.48. The van der Waals surface area contributed by atoms with Crippen molar-refractivity contribution in [1.82, 2.24) is 14.1 Å². The highest BCUT2D eigenvalue weighted by molar-refractivity contribution is 7.89. The van der Waals surface area contributed by atoms with Gasteiger partial charge in [0.25, 0.3) is 0 Å². The lowest BCUT2D eigenvalue weighted by Gasteiger charge is -2.14. The number of nitrogens with two attached hydrogens (primary N) is 1. The lowest BCUT2D eigenvalue weighted by molar-refractivity contribution is 0.428. The van der Waals surface area contributed by atoms with E-state index in [2.05, 4.69) is 5.10 Å². The van der Waals surface area contributed by atoms with Crippen molar-refractivity contribution in [3.8, 4) is 0 Å². The molecule has 2 fully saturated rings. The van der Waals surface area contributed by atoms with Crippen LogP contribution in [0.1, 0.15) is 26.2 Å². The van der Waals surface area contributed by atoms with Gasteiger partial charge < -0.3 is 5.73 Å². The Balaban J connectivity index is 1.77. The van der Waals surface area contributed by atoms with Crippen molar-refractivity contribution in [2.24, 2.45) is 17.6 Å². The van der Waals surface area contributed by atoms with E-state index >= 15 is 0 Å². The first kappa shape index (κ1) is 14.0.